The molecule has 6 nitrogen and oxygen atoms in total. The Kier molecular flexibility index (Phi) is 7.59. The fourth-order valence-electron chi connectivity index (χ4n) is 10.0. The molecule has 4 heterocycles. The van der Waals surface area contributed by atoms with Gasteiger partial charge in [0.2, 0.25) is 0 Å². The number of fused-ring (bicyclic) bond motifs is 12. The molecule has 14 aromatic rings. The van der Waals surface area contributed by atoms with E-state index in [0.717, 1.165) is 99.2 Å². The van der Waals surface area contributed by atoms with Crippen LogP contribution in [-0.2, 0) is 0 Å². The Morgan fingerprint density at radius 2 is 0.985 bits per heavy atom. The molecule has 0 atom stereocenters. The molecule has 14 rings (SSSR count). The van der Waals surface area contributed by atoms with E-state index in [1.165, 1.54) is 21.5 Å². The predicted molar refractivity (Wildman–Crippen MR) is 265 cm³/mol. The second-order valence-electron chi connectivity index (χ2n) is 16.7. The van der Waals surface area contributed by atoms with E-state index in [2.05, 4.69) is 180 Å². The molecular weight excluding hydrogens is 797 g/mol. The first-order chi connectivity index (χ1) is 32.2. The fraction of sp³-hybridized carbons (Fsp3) is 0. The first-order valence-electron chi connectivity index (χ1n) is 21.8. The van der Waals surface area contributed by atoms with Gasteiger partial charge in [0.15, 0.2) is 23.1 Å². The van der Waals surface area contributed by atoms with Crippen molar-refractivity contribution in [2.24, 2.45) is 0 Å². The Balaban J connectivity index is 1.08. The van der Waals surface area contributed by atoms with Gasteiger partial charge in [-0.2, -0.15) is 0 Å². The van der Waals surface area contributed by atoms with Crippen molar-refractivity contribution in [3.8, 4) is 51.0 Å². The van der Waals surface area contributed by atoms with E-state index >= 15 is 0 Å². The van der Waals surface area contributed by atoms with Gasteiger partial charge < -0.3 is 13.4 Å². The van der Waals surface area contributed by atoms with Gasteiger partial charge in [0.1, 0.15) is 16.7 Å². The smallest absolute Gasteiger partial charge is 0.167 e. The Bertz CT molecular complexity index is 4250. The maximum absolute atomic E-state index is 7.25. The highest BCUT2D eigenvalue weighted by molar-refractivity contribution is 6.22. The average Bonchev–Trinajstić information content (AvgIpc) is 4.06. The van der Waals surface area contributed by atoms with Crippen LogP contribution in [0.15, 0.2) is 215 Å². The number of nitrogens with zero attached hydrogens (tertiary/aromatic N) is 4. The predicted octanol–water partition coefficient (Wildman–Crippen LogP) is 15.7. The van der Waals surface area contributed by atoms with E-state index in [9.17, 15) is 0 Å². The van der Waals surface area contributed by atoms with Crippen LogP contribution in [0, 0.1) is 0 Å². The standard InChI is InChI=1S/C59H34N4O2/c1-2-14-35(15-3-1)37-19-12-20-40(32-37)57-60-58(62-59(61-57)47-25-13-24-44-43-23-9-11-27-52(43)64-55(44)47)46-30-31-50(56-53(46)45-29-28-36-16-6-7-21-41(36)54(45)65-56)63-49-26-10-8-22-42(49)48-33-38-17-4-5-18-39(38)34-51(48)63/h1-34H. The molecule has 0 bridgehead atoms. The van der Waals surface area contributed by atoms with Crippen molar-refractivity contribution in [1.82, 2.24) is 19.5 Å². The van der Waals surface area contributed by atoms with E-state index in [4.69, 9.17) is 23.8 Å². The van der Waals surface area contributed by atoms with Gasteiger partial charge in [0, 0.05) is 48.8 Å². The second-order valence-corrected chi connectivity index (χ2v) is 16.7. The number of para-hydroxylation sites is 3. The molecule has 0 saturated heterocycles. The third-order valence-electron chi connectivity index (χ3n) is 13.0. The molecule has 0 fully saturated rings. The van der Waals surface area contributed by atoms with Gasteiger partial charge >= 0.3 is 0 Å². The van der Waals surface area contributed by atoms with Crippen molar-refractivity contribution in [1.29, 1.82) is 0 Å². The molecule has 0 N–H and O–H groups in total. The summed E-state index contributed by atoms with van der Waals surface area (Å²) >= 11 is 0. The lowest BCUT2D eigenvalue weighted by Gasteiger charge is -2.13. The number of aromatic nitrogens is 4. The molecule has 0 aliphatic heterocycles. The first-order valence-corrected chi connectivity index (χ1v) is 21.8. The average molecular weight is 831 g/mol. The summed E-state index contributed by atoms with van der Waals surface area (Å²) in [7, 11) is 0. The highest BCUT2D eigenvalue weighted by Gasteiger charge is 2.25. The minimum atomic E-state index is 0.518. The summed E-state index contributed by atoms with van der Waals surface area (Å²) in [4.78, 5) is 16.0. The lowest BCUT2D eigenvalue weighted by Crippen LogP contribution is -2.01. The van der Waals surface area contributed by atoms with Gasteiger partial charge in [0.25, 0.3) is 0 Å². The Hall–Kier alpha value is -8.87. The zero-order chi connectivity index (χ0) is 42.6. The van der Waals surface area contributed by atoms with E-state index in [1.807, 2.05) is 30.3 Å². The summed E-state index contributed by atoms with van der Waals surface area (Å²) in [5.74, 6) is 1.61. The highest BCUT2D eigenvalue weighted by Crippen LogP contribution is 2.45. The summed E-state index contributed by atoms with van der Waals surface area (Å²) in [6.07, 6.45) is 0. The maximum Gasteiger partial charge on any atom is 0.167 e. The largest absolute Gasteiger partial charge is 0.455 e. The molecule has 0 saturated carbocycles. The van der Waals surface area contributed by atoms with E-state index in [1.54, 1.807) is 0 Å². The fourth-order valence-corrected chi connectivity index (χ4v) is 10.0. The normalized spacial score (nSPS) is 12.0. The molecule has 302 valence electrons. The quantitative estimate of drug-likeness (QED) is 0.173. The Morgan fingerprint density at radius 1 is 0.323 bits per heavy atom. The van der Waals surface area contributed by atoms with E-state index < -0.39 is 0 Å². The van der Waals surface area contributed by atoms with Crippen LogP contribution in [0.4, 0.5) is 0 Å². The number of furan rings is 2. The van der Waals surface area contributed by atoms with Gasteiger partial charge in [-0.05, 0) is 81.9 Å². The summed E-state index contributed by atoms with van der Waals surface area (Å²) in [5.41, 5.74) is 10.9. The van der Waals surface area contributed by atoms with Crippen molar-refractivity contribution in [3.63, 3.8) is 0 Å². The van der Waals surface area contributed by atoms with Crippen molar-refractivity contribution < 1.29 is 8.83 Å². The minimum Gasteiger partial charge on any atom is -0.455 e. The van der Waals surface area contributed by atoms with Crippen molar-refractivity contribution in [2.75, 3.05) is 0 Å². The lowest BCUT2D eigenvalue weighted by molar-refractivity contribution is 0.669. The number of benzene rings is 10. The van der Waals surface area contributed by atoms with Crippen LogP contribution in [0.5, 0.6) is 0 Å². The third kappa shape index (κ3) is 5.44. The second kappa shape index (κ2) is 13.8. The summed E-state index contributed by atoms with van der Waals surface area (Å²) < 4.78 is 16.2. The summed E-state index contributed by atoms with van der Waals surface area (Å²) in [5, 5.41) is 10.8. The summed E-state index contributed by atoms with van der Waals surface area (Å²) in [6, 6.07) is 72.0. The molecule has 0 spiro atoms. The topological polar surface area (TPSA) is 69.9 Å². The van der Waals surface area contributed by atoms with Crippen LogP contribution in [-0.4, -0.2) is 19.5 Å². The zero-order valence-corrected chi connectivity index (χ0v) is 34.7. The SMILES string of the molecule is c1ccc(-c2cccc(-c3nc(-c4cccc5c4oc4ccccc45)nc(-c4ccc(-n5c6ccccc6c6cc7ccccc7cc65)c5oc6c7ccccc7ccc6c45)n3)c2)cc1. The first kappa shape index (κ1) is 35.7. The number of hydrogen-bond acceptors (Lipinski definition) is 5. The van der Waals surface area contributed by atoms with Crippen LogP contribution in [0.2, 0.25) is 0 Å². The molecule has 6 heteroatoms. The van der Waals surface area contributed by atoms with Crippen LogP contribution >= 0.6 is 0 Å². The molecule has 4 aromatic heterocycles. The zero-order valence-electron chi connectivity index (χ0n) is 34.7. The third-order valence-corrected chi connectivity index (χ3v) is 13.0. The van der Waals surface area contributed by atoms with Gasteiger partial charge in [0.05, 0.1) is 22.3 Å². The van der Waals surface area contributed by atoms with Crippen molar-refractivity contribution in [2.45, 2.75) is 0 Å². The summed E-state index contributed by atoms with van der Waals surface area (Å²) in [6.45, 7) is 0. The number of rotatable bonds is 5. The number of hydrogen-bond donors (Lipinski definition) is 0. The monoisotopic (exact) mass is 830 g/mol. The Labute approximate surface area is 371 Å². The molecule has 0 radical (unpaired) electrons. The minimum absolute atomic E-state index is 0.518. The maximum atomic E-state index is 7.25. The molecule has 65 heavy (non-hydrogen) atoms. The van der Waals surface area contributed by atoms with Crippen LogP contribution in [0.1, 0.15) is 0 Å². The molecular formula is C59H34N4O2. The molecule has 0 aliphatic carbocycles. The van der Waals surface area contributed by atoms with Gasteiger partial charge in [-0.1, -0.05) is 152 Å². The van der Waals surface area contributed by atoms with Gasteiger partial charge in [-0.25, -0.2) is 15.0 Å². The van der Waals surface area contributed by atoms with Crippen LogP contribution < -0.4 is 0 Å². The highest BCUT2D eigenvalue weighted by atomic mass is 16.3. The van der Waals surface area contributed by atoms with Gasteiger partial charge in [-0.3, -0.25) is 0 Å². The van der Waals surface area contributed by atoms with Crippen molar-refractivity contribution in [3.05, 3.63) is 206 Å². The molecule has 0 aliphatic rings. The molecule has 10 aromatic carbocycles. The van der Waals surface area contributed by atoms with E-state index in [-0.39, 0.29) is 0 Å². The Morgan fingerprint density at radius 3 is 1.86 bits per heavy atom. The lowest BCUT2D eigenvalue weighted by atomic mass is 10.0. The van der Waals surface area contributed by atoms with Crippen LogP contribution in [0.3, 0.4) is 0 Å². The van der Waals surface area contributed by atoms with Crippen LogP contribution in [0.25, 0.3) is 138 Å². The molecule has 0 amide bonds. The van der Waals surface area contributed by atoms with Gasteiger partial charge in [-0.15, -0.1) is 0 Å². The molecule has 0 unspecified atom stereocenters. The van der Waals surface area contributed by atoms with E-state index in [0.29, 0.717) is 17.5 Å². The van der Waals surface area contributed by atoms with Crippen molar-refractivity contribution >= 4 is 87.2 Å².